The van der Waals surface area contributed by atoms with Gasteiger partial charge in [-0.15, -0.1) is 0 Å². The van der Waals surface area contributed by atoms with E-state index in [9.17, 15) is 18.0 Å². The van der Waals surface area contributed by atoms with Gasteiger partial charge in [0.25, 0.3) is 5.91 Å². The van der Waals surface area contributed by atoms with Crippen LogP contribution in [0.1, 0.15) is 24.2 Å². The van der Waals surface area contributed by atoms with E-state index in [0.29, 0.717) is 31.7 Å². The SMILES string of the molecule is CCN1CCN(C(=O)c2cccc(S(=O)(=O)N3CCN(C(C)=O)CC3)c2)CC1. The van der Waals surface area contributed by atoms with Crippen LogP contribution in [-0.4, -0.2) is 98.1 Å². The van der Waals surface area contributed by atoms with Gasteiger partial charge in [-0.3, -0.25) is 9.59 Å². The molecule has 154 valence electrons. The topological polar surface area (TPSA) is 81.2 Å². The normalized spacial score (nSPS) is 19.6. The summed E-state index contributed by atoms with van der Waals surface area (Å²) in [7, 11) is -3.69. The van der Waals surface area contributed by atoms with Crippen LogP contribution in [0.3, 0.4) is 0 Å². The molecule has 0 N–H and O–H groups in total. The van der Waals surface area contributed by atoms with E-state index < -0.39 is 10.0 Å². The molecule has 2 heterocycles. The zero-order chi connectivity index (χ0) is 20.3. The second-order valence-electron chi connectivity index (χ2n) is 7.16. The lowest BCUT2D eigenvalue weighted by atomic mass is 10.2. The molecule has 0 bridgehead atoms. The summed E-state index contributed by atoms with van der Waals surface area (Å²) < 4.78 is 27.4. The summed E-state index contributed by atoms with van der Waals surface area (Å²) in [4.78, 5) is 30.1. The number of carbonyl (C=O) groups is 2. The van der Waals surface area contributed by atoms with Gasteiger partial charge >= 0.3 is 0 Å². The van der Waals surface area contributed by atoms with Gasteiger partial charge in [-0.1, -0.05) is 13.0 Å². The fourth-order valence-corrected chi connectivity index (χ4v) is 5.10. The van der Waals surface area contributed by atoms with E-state index in [4.69, 9.17) is 0 Å². The number of hydrogen-bond acceptors (Lipinski definition) is 5. The predicted molar refractivity (Wildman–Crippen MR) is 105 cm³/mol. The van der Waals surface area contributed by atoms with Crippen molar-refractivity contribution in [3.05, 3.63) is 29.8 Å². The smallest absolute Gasteiger partial charge is 0.253 e. The van der Waals surface area contributed by atoms with E-state index in [1.54, 1.807) is 21.9 Å². The highest BCUT2D eigenvalue weighted by molar-refractivity contribution is 7.89. The molecule has 2 aliphatic rings. The Bertz CT molecular complexity index is 826. The average Bonchev–Trinajstić information content (AvgIpc) is 2.73. The minimum Gasteiger partial charge on any atom is -0.340 e. The summed E-state index contributed by atoms with van der Waals surface area (Å²) in [5.41, 5.74) is 0.397. The van der Waals surface area contributed by atoms with Crippen LogP contribution in [0.5, 0.6) is 0 Å². The zero-order valence-electron chi connectivity index (χ0n) is 16.5. The maximum Gasteiger partial charge on any atom is 0.253 e. The Labute approximate surface area is 166 Å². The molecule has 0 radical (unpaired) electrons. The second-order valence-corrected chi connectivity index (χ2v) is 9.10. The average molecular weight is 409 g/mol. The van der Waals surface area contributed by atoms with Crippen molar-refractivity contribution in [3.8, 4) is 0 Å². The van der Waals surface area contributed by atoms with Crippen LogP contribution in [0.15, 0.2) is 29.2 Å². The first-order chi connectivity index (χ1) is 13.3. The van der Waals surface area contributed by atoms with Crippen LogP contribution < -0.4 is 0 Å². The van der Waals surface area contributed by atoms with E-state index >= 15 is 0 Å². The number of piperazine rings is 2. The van der Waals surface area contributed by atoms with Crippen LogP contribution >= 0.6 is 0 Å². The Morgan fingerprint density at radius 1 is 0.929 bits per heavy atom. The molecule has 0 unspecified atom stereocenters. The number of hydrogen-bond donors (Lipinski definition) is 0. The Hall–Kier alpha value is -1.97. The van der Waals surface area contributed by atoms with Crippen molar-refractivity contribution < 1.29 is 18.0 Å². The first-order valence-electron chi connectivity index (χ1n) is 9.70. The molecule has 9 heteroatoms. The van der Waals surface area contributed by atoms with Crippen molar-refractivity contribution in [1.29, 1.82) is 0 Å². The van der Waals surface area contributed by atoms with Gasteiger partial charge < -0.3 is 14.7 Å². The molecule has 0 atom stereocenters. The minimum atomic E-state index is -3.69. The summed E-state index contributed by atoms with van der Waals surface area (Å²) in [5.74, 6) is -0.179. The van der Waals surface area contributed by atoms with Gasteiger partial charge in [-0.05, 0) is 24.7 Å². The monoisotopic (exact) mass is 408 g/mol. The Morgan fingerprint density at radius 2 is 1.54 bits per heavy atom. The van der Waals surface area contributed by atoms with Crippen LogP contribution in [0.2, 0.25) is 0 Å². The first-order valence-corrected chi connectivity index (χ1v) is 11.1. The van der Waals surface area contributed by atoms with Gasteiger partial charge in [0, 0.05) is 64.8 Å². The van der Waals surface area contributed by atoms with Gasteiger partial charge in [0.15, 0.2) is 0 Å². The molecular formula is C19H28N4O4S. The van der Waals surface area contributed by atoms with Crippen molar-refractivity contribution >= 4 is 21.8 Å². The molecule has 2 amide bonds. The van der Waals surface area contributed by atoms with Crippen molar-refractivity contribution in [3.63, 3.8) is 0 Å². The van der Waals surface area contributed by atoms with E-state index in [-0.39, 0.29) is 29.8 Å². The molecule has 0 saturated carbocycles. The third kappa shape index (κ3) is 4.37. The molecule has 2 fully saturated rings. The molecule has 3 rings (SSSR count). The molecule has 0 aromatic heterocycles. The van der Waals surface area contributed by atoms with Crippen molar-refractivity contribution in [2.24, 2.45) is 0 Å². The van der Waals surface area contributed by atoms with Gasteiger partial charge in [-0.2, -0.15) is 4.31 Å². The summed E-state index contributed by atoms with van der Waals surface area (Å²) >= 11 is 0. The van der Waals surface area contributed by atoms with Gasteiger partial charge in [0.2, 0.25) is 15.9 Å². The molecule has 28 heavy (non-hydrogen) atoms. The molecule has 1 aromatic rings. The number of amides is 2. The maximum atomic E-state index is 13.0. The molecule has 0 spiro atoms. The van der Waals surface area contributed by atoms with Crippen LogP contribution in [0.25, 0.3) is 0 Å². The quantitative estimate of drug-likeness (QED) is 0.717. The van der Waals surface area contributed by atoms with Crippen molar-refractivity contribution in [2.45, 2.75) is 18.7 Å². The van der Waals surface area contributed by atoms with Crippen LogP contribution in [0, 0.1) is 0 Å². The third-order valence-electron chi connectivity index (χ3n) is 5.51. The largest absolute Gasteiger partial charge is 0.340 e. The standard InChI is InChI=1S/C19H28N4O4S/c1-3-20-7-9-22(10-8-20)19(25)17-5-4-6-18(15-17)28(26,27)23-13-11-21(12-14-23)16(2)24/h4-6,15H,3,7-14H2,1-2H3. The number of carbonyl (C=O) groups excluding carboxylic acids is 2. The number of rotatable bonds is 4. The van der Waals surface area contributed by atoms with Gasteiger partial charge in [-0.25, -0.2) is 8.42 Å². The van der Waals surface area contributed by atoms with Crippen molar-refractivity contribution in [2.75, 3.05) is 58.9 Å². The molecular weight excluding hydrogens is 380 g/mol. The summed E-state index contributed by atoms with van der Waals surface area (Å²) in [5, 5.41) is 0. The zero-order valence-corrected chi connectivity index (χ0v) is 17.3. The first kappa shape index (κ1) is 20.8. The molecule has 1 aromatic carbocycles. The lowest BCUT2D eigenvalue weighted by Crippen LogP contribution is -2.50. The second kappa shape index (κ2) is 8.59. The van der Waals surface area contributed by atoms with E-state index in [1.807, 2.05) is 0 Å². The fourth-order valence-electron chi connectivity index (χ4n) is 3.63. The van der Waals surface area contributed by atoms with Crippen LogP contribution in [0.4, 0.5) is 0 Å². The molecule has 2 saturated heterocycles. The van der Waals surface area contributed by atoms with Gasteiger partial charge in [0.1, 0.15) is 0 Å². The highest BCUT2D eigenvalue weighted by Gasteiger charge is 2.30. The summed E-state index contributed by atoms with van der Waals surface area (Å²) in [6, 6.07) is 6.29. The molecule has 2 aliphatic heterocycles. The maximum absolute atomic E-state index is 13.0. The predicted octanol–water partition coefficient (Wildman–Crippen LogP) is 0.317. The van der Waals surface area contributed by atoms with E-state index in [2.05, 4.69) is 11.8 Å². The molecule has 8 nitrogen and oxygen atoms in total. The van der Waals surface area contributed by atoms with E-state index in [1.165, 1.54) is 23.4 Å². The van der Waals surface area contributed by atoms with Crippen molar-refractivity contribution in [1.82, 2.24) is 19.0 Å². The lowest BCUT2D eigenvalue weighted by Gasteiger charge is -2.34. The molecule has 0 aliphatic carbocycles. The Balaban J connectivity index is 1.72. The highest BCUT2D eigenvalue weighted by Crippen LogP contribution is 2.20. The van der Waals surface area contributed by atoms with Crippen LogP contribution in [-0.2, 0) is 14.8 Å². The number of sulfonamides is 1. The number of likely N-dealkylation sites (N-methyl/N-ethyl adjacent to an activating group) is 1. The lowest BCUT2D eigenvalue weighted by molar-refractivity contribution is -0.129. The Kier molecular flexibility index (Phi) is 6.36. The van der Waals surface area contributed by atoms with Gasteiger partial charge in [0.05, 0.1) is 4.90 Å². The minimum absolute atomic E-state index is 0.0483. The highest BCUT2D eigenvalue weighted by atomic mass is 32.2. The summed E-state index contributed by atoms with van der Waals surface area (Å²) in [6.07, 6.45) is 0. The van der Waals surface area contributed by atoms with E-state index in [0.717, 1.165) is 19.6 Å². The Morgan fingerprint density at radius 3 is 2.11 bits per heavy atom. The number of benzene rings is 1. The third-order valence-corrected chi connectivity index (χ3v) is 7.40. The summed E-state index contributed by atoms with van der Waals surface area (Å²) in [6.45, 7) is 8.81. The fraction of sp³-hybridized carbons (Fsp3) is 0.579. The number of nitrogens with zero attached hydrogens (tertiary/aromatic N) is 4.